The van der Waals surface area contributed by atoms with Gasteiger partial charge in [0, 0.05) is 32.8 Å². The number of nitrogens with zero attached hydrogens (tertiary/aromatic N) is 3. The third kappa shape index (κ3) is 4.34. The number of aromatic nitrogens is 2. The van der Waals surface area contributed by atoms with Crippen LogP contribution in [0.15, 0.2) is 11.8 Å². The first-order chi connectivity index (χ1) is 14.2. The molecule has 0 spiro atoms. The van der Waals surface area contributed by atoms with Gasteiger partial charge in [0.15, 0.2) is 5.78 Å². The number of carbonyl (C=O) groups is 2. The number of Topliss-reactive ketones (excluding diaryl/α,β-unsaturated/α-hetero) is 1. The highest BCUT2D eigenvalue weighted by Gasteiger charge is 2.46. The number of carbonyl (C=O) groups excluding carboxylic acids is 2. The molecule has 2 atom stereocenters. The van der Waals surface area contributed by atoms with E-state index in [4.69, 9.17) is 25.8 Å². The van der Waals surface area contributed by atoms with E-state index in [1.165, 1.54) is 0 Å². The third-order valence-corrected chi connectivity index (χ3v) is 5.82. The Hall–Kier alpha value is -2.06. The van der Waals surface area contributed by atoms with Crippen molar-refractivity contribution >= 4 is 23.4 Å². The highest BCUT2D eigenvalue weighted by Crippen LogP contribution is 2.46. The summed E-state index contributed by atoms with van der Waals surface area (Å²) in [6.07, 6.45) is 2.50. The summed E-state index contributed by atoms with van der Waals surface area (Å²) in [4.78, 5) is 27.2. The summed E-state index contributed by atoms with van der Waals surface area (Å²) in [5.74, 6) is -0.471. The number of esters is 1. The number of rotatable bonds is 7. The molecule has 0 radical (unpaired) electrons. The van der Waals surface area contributed by atoms with Crippen LogP contribution < -0.4 is 4.74 Å². The molecule has 166 valence electrons. The first-order valence-electron chi connectivity index (χ1n) is 10.3. The predicted molar refractivity (Wildman–Crippen MR) is 111 cm³/mol. The summed E-state index contributed by atoms with van der Waals surface area (Å²) < 4.78 is 17.8. The molecule has 30 heavy (non-hydrogen) atoms. The predicted octanol–water partition coefficient (Wildman–Crippen LogP) is 3.14. The Labute approximate surface area is 182 Å². The smallest absolute Gasteiger partial charge is 0.343 e. The lowest BCUT2D eigenvalue weighted by Crippen LogP contribution is -2.52. The summed E-state index contributed by atoms with van der Waals surface area (Å²) >= 11 is 6.64. The van der Waals surface area contributed by atoms with Gasteiger partial charge < -0.3 is 19.1 Å². The van der Waals surface area contributed by atoms with Crippen molar-refractivity contribution in [3.05, 3.63) is 22.5 Å². The molecule has 0 saturated carbocycles. The van der Waals surface area contributed by atoms with Crippen LogP contribution in [0.4, 0.5) is 0 Å². The highest BCUT2D eigenvalue weighted by atomic mass is 35.5. The molecule has 0 fully saturated rings. The average molecular weight is 440 g/mol. The zero-order valence-electron chi connectivity index (χ0n) is 18.2. The standard InChI is InChI=1S/C21H30ClN3O5/c1-6-29-20(27)13-11-24-14(10-15(13)26)18-17(22)19(30-9-7-8-28-5)23-25(18)12-16(24)21(2,3)4/h11,14,16H,6-10,12H2,1-5H3/t14-,16+/m1/s1. The van der Waals surface area contributed by atoms with Gasteiger partial charge in [-0.2, -0.15) is 0 Å². The van der Waals surface area contributed by atoms with Crippen molar-refractivity contribution in [1.29, 1.82) is 0 Å². The van der Waals surface area contributed by atoms with E-state index >= 15 is 0 Å². The maximum absolute atomic E-state index is 12.8. The lowest BCUT2D eigenvalue weighted by Gasteiger charge is -2.49. The molecule has 3 rings (SSSR count). The lowest BCUT2D eigenvalue weighted by atomic mass is 9.81. The Bertz CT molecular complexity index is 842. The molecule has 2 aliphatic rings. The van der Waals surface area contributed by atoms with E-state index in [0.29, 0.717) is 30.7 Å². The fourth-order valence-corrected chi connectivity index (χ4v) is 4.27. The van der Waals surface area contributed by atoms with Crippen LogP contribution in [0.25, 0.3) is 0 Å². The number of halogens is 1. The maximum atomic E-state index is 12.8. The van der Waals surface area contributed by atoms with Gasteiger partial charge in [0.05, 0.1) is 37.5 Å². The molecule has 0 amide bonds. The van der Waals surface area contributed by atoms with Crippen molar-refractivity contribution in [3.8, 4) is 5.88 Å². The first kappa shape index (κ1) is 22.6. The van der Waals surface area contributed by atoms with Gasteiger partial charge >= 0.3 is 5.97 Å². The van der Waals surface area contributed by atoms with Crippen molar-refractivity contribution in [2.45, 2.75) is 59.2 Å². The molecule has 0 bridgehead atoms. The quantitative estimate of drug-likeness (QED) is 0.366. The molecular formula is C21H30ClN3O5. The van der Waals surface area contributed by atoms with Crippen LogP contribution in [0, 0.1) is 5.41 Å². The van der Waals surface area contributed by atoms with Gasteiger partial charge in [-0.1, -0.05) is 32.4 Å². The van der Waals surface area contributed by atoms with Gasteiger partial charge in [0.25, 0.3) is 5.88 Å². The van der Waals surface area contributed by atoms with Crippen LogP contribution >= 0.6 is 11.6 Å². The molecule has 9 heteroatoms. The summed E-state index contributed by atoms with van der Waals surface area (Å²) in [6.45, 7) is 9.91. The average Bonchev–Trinajstić information content (AvgIpc) is 2.99. The van der Waals surface area contributed by atoms with E-state index in [0.717, 1.165) is 12.1 Å². The molecule has 0 N–H and O–H groups in total. The minimum Gasteiger partial charge on any atom is -0.475 e. The fraction of sp³-hybridized carbons (Fsp3) is 0.667. The third-order valence-electron chi connectivity index (χ3n) is 5.47. The van der Waals surface area contributed by atoms with Gasteiger partial charge in [-0.15, -0.1) is 5.10 Å². The summed E-state index contributed by atoms with van der Waals surface area (Å²) in [6, 6.07) is -0.310. The Morgan fingerprint density at radius 2 is 2.07 bits per heavy atom. The molecule has 0 aliphatic carbocycles. The zero-order valence-corrected chi connectivity index (χ0v) is 19.0. The summed E-state index contributed by atoms with van der Waals surface area (Å²) in [5.41, 5.74) is 0.693. The number of fused-ring (bicyclic) bond motifs is 3. The Morgan fingerprint density at radius 3 is 2.70 bits per heavy atom. The maximum Gasteiger partial charge on any atom is 0.343 e. The fourth-order valence-electron chi connectivity index (χ4n) is 3.95. The second kappa shape index (κ2) is 8.98. The molecule has 0 saturated heterocycles. The van der Waals surface area contributed by atoms with E-state index < -0.39 is 5.97 Å². The minimum atomic E-state index is -0.582. The molecule has 2 aliphatic heterocycles. The number of methoxy groups -OCH3 is 1. The number of hydrogen-bond acceptors (Lipinski definition) is 7. The Kier molecular flexibility index (Phi) is 6.77. The van der Waals surface area contributed by atoms with Gasteiger partial charge in [0.1, 0.15) is 10.6 Å². The lowest BCUT2D eigenvalue weighted by molar-refractivity contribution is -0.141. The largest absolute Gasteiger partial charge is 0.475 e. The van der Waals surface area contributed by atoms with E-state index in [2.05, 4.69) is 30.8 Å². The number of hydrogen-bond donors (Lipinski definition) is 0. The normalized spacial score (nSPS) is 21.1. The van der Waals surface area contributed by atoms with Crippen molar-refractivity contribution in [1.82, 2.24) is 14.7 Å². The molecule has 0 aromatic carbocycles. The van der Waals surface area contributed by atoms with E-state index in [9.17, 15) is 9.59 Å². The number of ether oxygens (including phenoxy) is 3. The van der Waals surface area contributed by atoms with Gasteiger partial charge in [-0.3, -0.25) is 9.48 Å². The van der Waals surface area contributed by atoms with Crippen molar-refractivity contribution in [3.63, 3.8) is 0 Å². The monoisotopic (exact) mass is 439 g/mol. The molecule has 8 nitrogen and oxygen atoms in total. The Morgan fingerprint density at radius 1 is 1.33 bits per heavy atom. The second-order valence-electron chi connectivity index (χ2n) is 8.62. The van der Waals surface area contributed by atoms with Crippen LogP contribution in [-0.4, -0.2) is 59.4 Å². The second-order valence-corrected chi connectivity index (χ2v) is 8.99. The first-order valence-corrected chi connectivity index (χ1v) is 10.6. The van der Waals surface area contributed by atoms with Crippen LogP contribution in [0.1, 0.15) is 52.3 Å². The van der Waals surface area contributed by atoms with Gasteiger partial charge in [-0.05, 0) is 12.3 Å². The topological polar surface area (TPSA) is 82.9 Å². The highest BCUT2D eigenvalue weighted by molar-refractivity contribution is 6.32. The van der Waals surface area contributed by atoms with Crippen LogP contribution in [0.5, 0.6) is 5.88 Å². The summed E-state index contributed by atoms with van der Waals surface area (Å²) in [5, 5.41) is 5.00. The van der Waals surface area contributed by atoms with E-state index in [-0.39, 0.29) is 41.9 Å². The van der Waals surface area contributed by atoms with Gasteiger partial charge in [0.2, 0.25) is 0 Å². The van der Waals surface area contributed by atoms with Crippen molar-refractivity contribution in [2.75, 3.05) is 26.9 Å². The Balaban J connectivity index is 1.98. The van der Waals surface area contributed by atoms with Crippen molar-refractivity contribution in [2.24, 2.45) is 5.41 Å². The van der Waals surface area contributed by atoms with Crippen LogP contribution in [0.2, 0.25) is 5.02 Å². The van der Waals surface area contributed by atoms with Crippen molar-refractivity contribution < 1.29 is 23.8 Å². The number of ketones is 1. The SMILES string of the molecule is CCOC(=O)C1=CN2[C@H](CC1=O)c1c(Cl)c(OCCCOC)nn1C[C@H]2C(C)(C)C. The molecule has 1 aromatic rings. The van der Waals surface area contributed by atoms with Crippen LogP contribution in [0.3, 0.4) is 0 Å². The molecule has 3 heterocycles. The van der Waals surface area contributed by atoms with E-state index in [1.807, 2.05) is 4.68 Å². The molecular weight excluding hydrogens is 410 g/mol. The van der Waals surface area contributed by atoms with Crippen LogP contribution in [-0.2, 0) is 25.6 Å². The zero-order chi connectivity index (χ0) is 22.1. The molecule has 1 aromatic heterocycles. The van der Waals surface area contributed by atoms with E-state index in [1.54, 1.807) is 20.2 Å². The minimum absolute atomic E-state index is 0.00448. The van der Waals surface area contributed by atoms with Gasteiger partial charge in [-0.25, -0.2) is 4.79 Å². The molecule has 0 unspecified atom stereocenters. The summed E-state index contributed by atoms with van der Waals surface area (Å²) in [7, 11) is 1.64.